The second-order valence-corrected chi connectivity index (χ2v) is 7.09. The van der Waals surface area contributed by atoms with E-state index in [2.05, 4.69) is 35.2 Å². The Labute approximate surface area is 112 Å². The SMILES string of the molecule is O.c1ccc(C2C[O][Ge]3[O]CCN2CC[O]3)cc1. The number of benzene rings is 1. The Balaban J connectivity index is 0.00000120. The molecule has 2 N–H and O–H groups in total. The Bertz CT molecular complexity index is 354. The van der Waals surface area contributed by atoms with Crippen molar-refractivity contribution in [3.8, 4) is 0 Å². The van der Waals surface area contributed by atoms with Crippen LogP contribution in [0.25, 0.3) is 0 Å². The van der Waals surface area contributed by atoms with Gasteiger partial charge in [0.25, 0.3) is 0 Å². The number of nitrogens with zero attached hydrogens (tertiary/aromatic N) is 1. The van der Waals surface area contributed by atoms with Gasteiger partial charge in [-0.1, -0.05) is 0 Å². The molecule has 0 aromatic heterocycles. The average Bonchev–Trinajstić information content (AvgIpc) is 2.28. The van der Waals surface area contributed by atoms with Crippen molar-refractivity contribution in [1.29, 1.82) is 0 Å². The van der Waals surface area contributed by atoms with E-state index in [0.29, 0.717) is 12.6 Å². The topological polar surface area (TPSA) is 62.4 Å². The molecule has 6 heteroatoms. The van der Waals surface area contributed by atoms with E-state index in [9.17, 15) is 0 Å². The van der Waals surface area contributed by atoms with E-state index in [0.717, 1.165) is 26.3 Å². The first kappa shape index (κ1) is 14.0. The van der Waals surface area contributed by atoms with Gasteiger partial charge < -0.3 is 5.48 Å². The number of hydrogen-bond donors (Lipinski definition) is 0. The second kappa shape index (κ2) is 6.65. The van der Waals surface area contributed by atoms with E-state index < -0.39 is 15.4 Å². The zero-order chi connectivity index (χ0) is 11.5. The summed E-state index contributed by atoms with van der Waals surface area (Å²) < 4.78 is 17.0. The van der Waals surface area contributed by atoms with Gasteiger partial charge in [-0.3, -0.25) is 0 Å². The zero-order valence-electron chi connectivity index (χ0n) is 10.2. The molecule has 0 amide bonds. The van der Waals surface area contributed by atoms with Crippen LogP contribution in [-0.2, 0) is 11.3 Å². The third kappa shape index (κ3) is 3.11. The van der Waals surface area contributed by atoms with Crippen molar-refractivity contribution in [2.45, 2.75) is 6.04 Å². The molecule has 3 saturated heterocycles. The first-order valence-corrected chi connectivity index (χ1v) is 8.55. The maximum atomic E-state index is 5.80. The van der Waals surface area contributed by atoms with E-state index in [1.807, 2.05) is 0 Å². The Morgan fingerprint density at radius 3 is 2.33 bits per heavy atom. The molecule has 0 spiro atoms. The fourth-order valence-corrected chi connectivity index (χ4v) is 4.50. The van der Waals surface area contributed by atoms with Gasteiger partial charge in [-0.05, 0) is 0 Å². The Hall–Kier alpha value is -0.437. The van der Waals surface area contributed by atoms with Crippen LogP contribution in [0.2, 0.25) is 0 Å². The summed E-state index contributed by atoms with van der Waals surface area (Å²) in [5.41, 5.74) is 1.33. The first-order chi connectivity index (χ1) is 8.43. The van der Waals surface area contributed by atoms with Gasteiger partial charge in [0.2, 0.25) is 0 Å². The zero-order valence-corrected chi connectivity index (χ0v) is 12.3. The Morgan fingerprint density at radius 2 is 1.67 bits per heavy atom. The van der Waals surface area contributed by atoms with Crippen LogP contribution in [0.15, 0.2) is 30.3 Å². The van der Waals surface area contributed by atoms with Gasteiger partial charge in [0.15, 0.2) is 0 Å². The third-order valence-electron chi connectivity index (χ3n) is 3.18. The van der Waals surface area contributed by atoms with E-state index >= 15 is 0 Å². The van der Waals surface area contributed by atoms with Crippen LogP contribution in [0.4, 0.5) is 0 Å². The third-order valence-corrected chi connectivity index (χ3v) is 5.87. The molecule has 5 nitrogen and oxygen atoms in total. The molecule has 0 aliphatic carbocycles. The van der Waals surface area contributed by atoms with Gasteiger partial charge in [0, 0.05) is 0 Å². The van der Waals surface area contributed by atoms with Crippen LogP contribution >= 0.6 is 0 Å². The monoisotopic (exact) mass is 314 g/mol. The molecule has 3 aliphatic heterocycles. The van der Waals surface area contributed by atoms with Crippen molar-refractivity contribution in [1.82, 2.24) is 4.90 Å². The first-order valence-electron chi connectivity index (χ1n) is 5.98. The van der Waals surface area contributed by atoms with Crippen molar-refractivity contribution in [2.24, 2.45) is 0 Å². The molecule has 18 heavy (non-hydrogen) atoms. The normalized spacial score (nSPS) is 28.9. The Kier molecular flexibility index (Phi) is 5.16. The summed E-state index contributed by atoms with van der Waals surface area (Å²) in [6.07, 6.45) is 0. The van der Waals surface area contributed by atoms with Crippen molar-refractivity contribution in [3.05, 3.63) is 35.9 Å². The molecule has 1 atom stereocenters. The quantitative estimate of drug-likeness (QED) is 0.698. The summed E-state index contributed by atoms with van der Waals surface area (Å²) in [4.78, 5) is 2.39. The van der Waals surface area contributed by atoms with Crippen molar-refractivity contribution in [3.63, 3.8) is 0 Å². The van der Waals surface area contributed by atoms with Crippen LogP contribution in [0.5, 0.6) is 0 Å². The maximum absolute atomic E-state index is 5.80. The molecular weight excluding hydrogens is 295 g/mol. The van der Waals surface area contributed by atoms with Gasteiger partial charge >= 0.3 is 106 Å². The van der Waals surface area contributed by atoms with Crippen LogP contribution in [0.3, 0.4) is 0 Å². The van der Waals surface area contributed by atoms with E-state index in [1.165, 1.54) is 5.56 Å². The van der Waals surface area contributed by atoms with Gasteiger partial charge in [0.05, 0.1) is 0 Å². The molecule has 2 bridgehead atoms. The predicted octanol–water partition coefficient (Wildman–Crippen LogP) is 0.267. The Morgan fingerprint density at radius 1 is 1.00 bits per heavy atom. The van der Waals surface area contributed by atoms with Gasteiger partial charge in [-0.15, -0.1) is 0 Å². The second-order valence-electron chi connectivity index (χ2n) is 4.22. The average molecular weight is 313 g/mol. The van der Waals surface area contributed by atoms with Crippen LogP contribution in [0.1, 0.15) is 11.6 Å². The molecule has 3 aliphatic rings. The van der Waals surface area contributed by atoms with Crippen molar-refractivity contribution >= 4 is 15.4 Å². The summed E-state index contributed by atoms with van der Waals surface area (Å²) in [7, 11) is 0. The molecule has 1 radical (unpaired) electrons. The molecule has 3 heterocycles. The standard InChI is InChI=1S/C12H16GeNO3.H2O/c1-2-4-11(5-3-1)12-10-17-13-15-8-6-14(12)7-9-16-13;/h1-5,12H,6-10H2;1H2. The van der Waals surface area contributed by atoms with Crippen molar-refractivity contribution < 1.29 is 16.8 Å². The molecular formula is C12H18GeNO4. The minimum absolute atomic E-state index is 0. The molecule has 3 fully saturated rings. The van der Waals surface area contributed by atoms with Gasteiger partial charge in [0.1, 0.15) is 0 Å². The van der Waals surface area contributed by atoms with Crippen LogP contribution in [0, 0.1) is 0 Å². The van der Waals surface area contributed by atoms with Crippen LogP contribution < -0.4 is 0 Å². The molecule has 4 rings (SSSR count). The van der Waals surface area contributed by atoms with E-state index in [-0.39, 0.29) is 5.48 Å². The number of hydrogen-bond acceptors (Lipinski definition) is 4. The molecule has 1 aromatic rings. The molecule has 0 saturated carbocycles. The number of fused-ring (bicyclic) bond motifs is 6. The molecule has 1 unspecified atom stereocenters. The van der Waals surface area contributed by atoms with Gasteiger partial charge in [-0.2, -0.15) is 0 Å². The molecule has 99 valence electrons. The fraction of sp³-hybridized carbons (Fsp3) is 0.500. The summed E-state index contributed by atoms with van der Waals surface area (Å²) in [6, 6.07) is 10.9. The summed E-state index contributed by atoms with van der Waals surface area (Å²) in [6.45, 7) is 4.11. The summed E-state index contributed by atoms with van der Waals surface area (Å²) >= 11 is -2.12. The fourth-order valence-electron chi connectivity index (χ4n) is 2.28. The summed E-state index contributed by atoms with van der Waals surface area (Å²) in [5.74, 6) is 0. The minimum atomic E-state index is -2.12. The molecule has 1 aromatic carbocycles. The summed E-state index contributed by atoms with van der Waals surface area (Å²) in [5, 5.41) is 0. The van der Waals surface area contributed by atoms with Gasteiger partial charge in [-0.25, -0.2) is 0 Å². The van der Waals surface area contributed by atoms with Crippen molar-refractivity contribution in [2.75, 3.05) is 32.9 Å². The van der Waals surface area contributed by atoms with E-state index in [1.54, 1.807) is 0 Å². The van der Waals surface area contributed by atoms with Crippen LogP contribution in [-0.4, -0.2) is 58.6 Å². The predicted molar refractivity (Wildman–Crippen MR) is 68.0 cm³/mol. The number of rotatable bonds is 1. The van der Waals surface area contributed by atoms with E-state index in [4.69, 9.17) is 11.3 Å².